The first-order chi connectivity index (χ1) is 16.5. The fourth-order valence-corrected chi connectivity index (χ4v) is 3.01. The van der Waals surface area contributed by atoms with Crippen LogP contribution in [0.25, 0.3) is 22.5 Å². The summed E-state index contributed by atoms with van der Waals surface area (Å²) in [6.45, 7) is 10.1. The molecule has 0 aliphatic heterocycles. The fourth-order valence-electron chi connectivity index (χ4n) is 3.01. The summed E-state index contributed by atoms with van der Waals surface area (Å²) in [6, 6.07) is 13.6. The zero-order valence-electron chi connectivity index (χ0n) is 20.1. The number of hydrogen-bond acceptors (Lipinski definition) is 6. The van der Waals surface area contributed by atoms with E-state index < -0.39 is 11.7 Å². The normalized spacial score (nSPS) is 9.82. The maximum atomic E-state index is 14.7. The van der Waals surface area contributed by atoms with Gasteiger partial charge in [0.1, 0.15) is 23.1 Å². The Morgan fingerprint density at radius 3 is 2.38 bits per heavy atom. The van der Waals surface area contributed by atoms with E-state index in [-0.39, 0.29) is 11.4 Å². The van der Waals surface area contributed by atoms with Crippen LogP contribution in [0.2, 0.25) is 0 Å². The highest BCUT2D eigenvalue weighted by Crippen LogP contribution is 2.28. The molecule has 0 radical (unpaired) electrons. The van der Waals surface area contributed by atoms with Gasteiger partial charge in [-0.2, -0.15) is 0 Å². The van der Waals surface area contributed by atoms with Gasteiger partial charge in [0.15, 0.2) is 0 Å². The fraction of sp³-hybridized carbons (Fsp3) is 0.231. The van der Waals surface area contributed by atoms with Crippen LogP contribution in [0.3, 0.4) is 0 Å². The first-order valence-corrected chi connectivity index (χ1v) is 11.2. The number of rotatable bonds is 5. The van der Waals surface area contributed by atoms with Crippen molar-refractivity contribution in [2.24, 2.45) is 0 Å². The highest BCUT2D eigenvalue weighted by Gasteiger charge is 2.16. The van der Waals surface area contributed by atoms with Gasteiger partial charge >= 0.3 is 0 Å². The van der Waals surface area contributed by atoms with E-state index in [9.17, 15) is 9.18 Å². The van der Waals surface area contributed by atoms with E-state index in [2.05, 4.69) is 20.4 Å². The largest absolute Gasteiger partial charge is 0.382 e. The van der Waals surface area contributed by atoms with Crippen molar-refractivity contribution < 1.29 is 13.7 Å². The lowest BCUT2D eigenvalue weighted by molar-refractivity contribution is 0.0947. The lowest BCUT2D eigenvalue weighted by atomic mass is 10.1. The molecule has 2 aromatic carbocycles. The topological polar surface area (TPSA) is 107 Å². The minimum Gasteiger partial charge on any atom is -0.382 e. The minimum absolute atomic E-state index is 0.0627. The molecule has 2 aromatic heterocycles. The lowest BCUT2D eigenvalue weighted by Crippen LogP contribution is -2.23. The molecule has 3 N–H and O–H groups in total. The van der Waals surface area contributed by atoms with Crippen molar-refractivity contribution in [1.82, 2.24) is 20.4 Å². The number of aromatic nitrogens is 3. The van der Waals surface area contributed by atoms with E-state index in [1.807, 2.05) is 58.0 Å². The number of amides is 1. The van der Waals surface area contributed by atoms with E-state index in [1.165, 1.54) is 24.5 Å². The summed E-state index contributed by atoms with van der Waals surface area (Å²) < 4.78 is 19.8. The Labute approximate surface area is 199 Å². The summed E-state index contributed by atoms with van der Waals surface area (Å²) in [7, 11) is 0. The van der Waals surface area contributed by atoms with Gasteiger partial charge in [0.25, 0.3) is 5.91 Å². The average Bonchev–Trinajstić information content (AvgIpc) is 3.31. The number of nitrogen functional groups attached to an aromatic ring is 1. The van der Waals surface area contributed by atoms with Crippen LogP contribution in [-0.2, 0) is 6.54 Å². The molecule has 0 saturated carbocycles. The van der Waals surface area contributed by atoms with Crippen molar-refractivity contribution in [2.75, 3.05) is 5.73 Å². The highest BCUT2D eigenvalue weighted by atomic mass is 19.1. The third-order valence-electron chi connectivity index (χ3n) is 4.61. The number of carbonyl (C=O) groups is 1. The lowest BCUT2D eigenvalue weighted by Gasteiger charge is -2.10. The van der Waals surface area contributed by atoms with Gasteiger partial charge in [-0.05, 0) is 24.6 Å². The Balaban J connectivity index is 0.000000970. The third-order valence-corrected chi connectivity index (χ3v) is 4.61. The van der Waals surface area contributed by atoms with Gasteiger partial charge in [-0.15, -0.1) is 0 Å². The van der Waals surface area contributed by atoms with E-state index in [0.717, 1.165) is 5.56 Å². The number of nitrogens with two attached hydrogens (primary N) is 1. The standard InChI is InChI=1S/C22H18FN5O2.2C2H6/c1-13-17(11-27-30-13)19-12-25-21(24)20(28-19)15-7-8-16(18(23)9-15)22(29)26-10-14-5-3-2-4-6-14;2*1-2/h2-9,11-12H,10H2,1H3,(H2,24,25)(H,26,29);2*1-2H3. The highest BCUT2D eigenvalue weighted by molar-refractivity contribution is 5.95. The van der Waals surface area contributed by atoms with Gasteiger partial charge in [0.2, 0.25) is 0 Å². The molecule has 7 nitrogen and oxygen atoms in total. The van der Waals surface area contributed by atoms with Crippen molar-refractivity contribution in [1.29, 1.82) is 0 Å². The van der Waals surface area contributed by atoms with Gasteiger partial charge in [-0.1, -0.05) is 69.2 Å². The van der Waals surface area contributed by atoms with Crippen molar-refractivity contribution in [3.05, 3.63) is 83.6 Å². The summed E-state index contributed by atoms with van der Waals surface area (Å²) in [4.78, 5) is 21.0. The second-order valence-corrected chi connectivity index (χ2v) is 6.65. The quantitative estimate of drug-likeness (QED) is 0.387. The molecule has 178 valence electrons. The summed E-state index contributed by atoms with van der Waals surface area (Å²) in [5, 5.41) is 6.44. The average molecular weight is 464 g/mol. The zero-order chi connectivity index (χ0) is 25.1. The first-order valence-electron chi connectivity index (χ1n) is 11.2. The molecule has 4 aromatic rings. The van der Waals surface area contributed by atoms with E-state index >= 15 is 0 Å². The van der Waals surface area contributed by atoms with Gasteiger partial charge in [0, 0.05) is 12.1 Å². The van der Waals surface area contributed by atoms with Crippen LogP contribution in [0.1, 0.15) is 49.4 Å². The molecule has 0 fully saturated rings. The first kappa shape index (κ1) is 26.2. The van der Waals surface area contributed by atoms with Gasteiger partial charge < -0.3 is 15.6 Å². The molecule has 0 spiro atoms. The number of nitrogens with zero attached hydrogens (tertiary/aromatic N) is 3. The van der Waals surface area contributed by atoms with E-state index in [1.54, 1.807) is 13.0 Å². The van der Waals surface area contributed by atoms with Gasteiger partial charge in [-0.3, -0.25) is 4.79 Å². The predicted molar refractivity (Wildman–Crippen MR) is 132 cm³/mol. The molecule has 8 heteroatoms. The van der Waals surface area contributed by atoms with Crippen LogP contribution in [0.5, 0.6) is 0 Å². The summed E-state index contributed by atoms with van der Waals surface area (Å²) in [6.07, 6.45) is 3.03. The molecule has 0 bridgehead atoms. The van der Waals surface area contributed by atoms with E-state index in [0.29, 0.717) is 34.8 Å². The van der Waals surface area contributed by atoms with Crippen LogP contribution in [0.15, 0.2) is 65.4 Å². The van der Waals surface area contributed by atoms with Gasteiger partial charge in [-0.25, -0.2) is 14.4 Å². The second kappa shape index (κ2) is 12.8. The minimum atomic E-state index is -0.675. The van der Waals surface area contributed by atoms with Crippen LogP contribution in [0, 0.1) is 12.7 Å². The summed E-state index contributed by atoms with van der Waals surface area (Å²) >= 11 is 0. The summed E-state index contributed by atoms with van der Waals surface area (Å²) in [5.74, 6) is -0.452. The summed E-state index contributed by atoms with van der Waals surface area (Å²) in [5.41, 5.74) is 8.71. The van der Waals surface area contributed by atoms with Crippen molar-refractivity contribution in [2.45, 2.75) is 41.2 Å². The maximum absolute atomic E-state index is 14.7. The predicted octanol–water partition coefficient (Wildman–Crippen LogP) is 5.81. The molecule has 0 saturated heterocycles. The van der Waals surface area contributed by atoms with Crippen LogP contribution in [-0.4, -0.2) is 21.0 Å². The molecule has 2 heterocycles. The molecule has 4 rings (SSSR count). The van der Waals surface area contributed by atoms with Crippen molar-refractivity contribution in [3.63, 3.8) is 0 Å². The Morgan fingerprint density at radius 1 is 1.06 bits per heavy atom. The molecular formula is C26H30FN5O2. The molecular weight excluding hydrogens is 433 g/mol. The number of anilines is 1. The maximum Gasteiger partial charge on any atom is 0.254 e. The van der Waals surface area contributed by atoms with Crippen LogP contribution in [0.4, 0.5) is 10.2 Å². The molecule has 0 atom stereocenters. The zero-order valence-corrected chi connectivity index (χ0v) is 20.1. The SMILES string of the molecule is CC.CC.Cc1oncc1-c1cnc(N)c(-c2ccc(C(=O)NCc3ccccc3)c(F)c2)n1. The van der Waals surface area contributed by atoms with Crippen LogP contribution < -0.4 is 11.1 Å². The van der Waals surface area contributed by atoms with E-state index in [4.69, 9.17) is 10.3 Å². The smallest absolute Gasteiger partial charge is 0.254 e. The number of halogens is 1. The monoisotopic (exact) mass is 463 g/mol. The number of nitrogens with one attached hydrogen (secondary N) is 1. The number of hydrogen-bond donors (Lipinski definition) is 2. The Morgan fingerprint density at radius 2 is 1.76 bits per heavy atom. The third kappa shape index (κ3) is 6.25. The molecule has 34 heavy (non-hydrogen) atoms. The molecule has 0 aliphatic carbocycles. The van der Waals surface area contributed by atoms with Gasteiger partial charge in [0.05, 0.1) is 29.2 Å². The molecule has 1 amide bonds. The number of aryl methyl sites for hydroxylation is 1. The molecule has 0 aliphatic rings. The molecule has 0 unspecified atom stereocenters. The number of benzene rings is 2. The second-order valence-electron chi connectivity index (χ2n) is 6.65. The van der Waals surface area contributed by atoms with Crippen molar-refractivity contribution in [3.8, 4) is 22.5 Å². The van der Waals surface area contributed by atoms with Crippen LogP contribution >= 0.6 is 0 Å². The van der Waals surface area contributed by atoms with Crippen molar-refractivity contribution >= 4 is 11.7 Å². The Bertz CT molecular complexity index is 1210. The Hall–Kier alpha value is -4.07. The number of carbonyl (C=O) groups excluding carboxylic acids is 1. The Kier molecular flexibility index (Phi) is 9.89.